The van der Waals surface area contributed by atoms with E-state index in [9.17, 15) is 9.59 Å². The molecule has 26 heavy (non-hydrogen) atoms. The summed E-state index contributed by atoms with van der Waals surface area (Å²) in [6, 6.07) is 13.5. The molecule has 0 spiro atoms. The first kappa shape index (κ1) is 18.4. The standard InChI is InChI=1S/C21H27N3O2/c1-14(25)23-20(16-7-3-4-8-16)21(26)24-19(13-22)18-11-10-15-6-2-5-9-17(15)12-18/h2,5-6,9-12,16,19-20H,3-4,7-8,13,22H2,1H3,(H,23,25)(H,24,26). The number of amides is 2. The Morgan fingerprint density at radius 2 is 1.77 bits per heavy atom. The third-order valence-electron chi connectivity index (χ3n) is 5.24. The number of rotatable bonds is 6. The Balaban J connectivity index is 1.77. The predicted octanol–water partition coefficient (Wildman–Crippen LogP) is 2.65. The molecule has 0 radical (unpaired) electrons. The lowest BCUT2D eigenvalue weighted by atomic mass is 9.96. The molecule has 1 fully saturated rings. The molecular weight excluding hydrogens is 326 g/mol. The van der Waals surface area contributed by atoms with E-state index in [-0.39, 0.29) is 23.8 Å². The average molecular weight is 353 g/mol. The van der Waals surface area contributed by atoms with Crippen LogP contribution < -0.4 is 16.4 Å². The van der Waals surface area contributed by atoms with Crippen molar-refractivity contribution in [2.75, 3.05) is 6.54 Å². The first-order valence-corrected chi connectivity index (χ1v) is 9.34. The first-order chi connectivity index (χ1) is 12.6. The van der Waals surface area contributed by atoms with Gasteiger partial charge in [0.2, 0.25) is 11.8 Å². The molecule has 4 N–H and O–H groups in total. The Hall–Kier alpha value is -2.40. The highest BCUT2D eigenvalue weighted by Crippen LogP contribution is 2.28. The maximum absolute atomic E-state index is 12.9. The molecule has 0 aromatic heterocycles. The second kappa shape index (κ2) is 8.32. The van der Waals surface area contributed by atoms with Gasteiger partial charge in [-0.25, -0.2) is 0 Å². The Kier molecular flexibility index (Phi) is 5.89. The van der Waals surface area contributed by atoms with Gasteiger partial charge in [-0.15, -0.1) is 0 Å². The van der Waals surface area contributed by atoms with Gasteiger partial charge in [0.15, 0.2) is 0 Å². The zero-order chi connectivity index (χ0) is 18.5. The number of hydrogen-bond donors (Lipinski definition) is 3. The summed E-state index contributed by atoms with van der Waals surface area (Å²) in [5.74, 6) is -0.114. The fraction of sp³-hybridized carbons (Fsp3) is 0.429. The van der Waals surface area contributed by atoms with Crippen molar-refractivity contribution in [3.05, 3.63) is 48.0 Å². The van der Waals surface area contributed by atoms with Gasteiger partial charge in [0.05, 0.1) is 6.04 Å². The van der Waals surface area contributed by atoms with Crippen molar-refractivity contribution >= 4 is 22.6 Å². The maximum Gasteiger partial charge on any atom is 0.243 e. The monoisotopic (exact) mass is 353 g/mol. The Bertz CT molecular complexity index is 784. The second-order valence-corrected chi connectivity index (χ2v) is 7.13. The van der Waals surface area contributed by atoms with Crippen LogP contribution in [0, 0.1) is 5.92 Å². The van der Waals surface area contributed by atoms with E-state index in [1.165, 1.54) is 6.92 Å². The van der Waals surface area contributed by atoms with E-state index >= 15 is 0 Å². The molecule has 2 atom stereocenters. The summed E-state index contributed by atoms with van der Waals surface area (Å²) in [6.07, 6.45) is 4.17. The largest absolute Gasteiger partial charge is 0.346 e. The van der Waals surface area contributed by atoms with Crippen LogP contribution >= 0.6 is 0 Å². The van der Waals surface area contributed by atoms with Crippen molar-refractivity contribution in [3.63, 3.8) is 0 Å². The lowest BCUT2D eigenvalue weighted by Crippen LogP contribution is -2.51. The van der Waals surface area contributed by atoms with Crippen LogP contribution in [0.3, 0.4) is 0 Å². The molecule has 1 aliphatic rings. The quantitative estimate of drug-likeness (QED) is 0.746. The van der Waals surface area contributed by atoms with Gasteiger partial charge in [0.1, 0.15) is 6.04 Å². The molecule has 5 nitrogen and oxygen atoms in total. The van der Waals surface area contributed by atoms with E-state index in [0.29, 0.717) is 6.54 Å². The van der Waals surface area contributed by atoms with Gasteiger partial charge in [0.25, 0.3) is 0 Å². The van der Waals surface area contributed by atoms with Gasteiger partial charge in [-0.1, -0.05) is 49.2 Å². The number of fused-ring (bicyclic) bond motifs is 1. The molecular formula is C21H27N3O2. The number of carbonyl (C=O) groups excluding carboxylic acids is 2. The van der Waals surface area contributed by atoms with Crippen molar-refractivity contribution in [3.8, 4) is 0 Å². The topological polar surface area (TPSA) is 84.2 Å². The summed E-state index contributed by atoms with van der Waals surface area (Å²) >= 11 is 0. The van der Waals surface area contributed by atoms with Crippen LogP contribution in [-0.4, -0.2) is 24.4 Å². The van der Waals surface area contributed by atoms with Gasteiger partial charge >= 0.3 is 0 Å². The number of benzene rings is 2. The van der Waals surface area contributed by atoms with Crippen molar-refractivity contribution in [1.29, 1.82) is 0 Å². The Morgan fingerprint density at radius 1 is 1.08 bits per heavy atom. The first-order valence-electron chi connectivity index (χ1n) is 9.34. The lowest BCUT2D eigenvalue weighted by Gasteiger charge is -2.26. The molecule has 5 heteroatoms. The number of hydrogen-bond acceptors (Lipinski definition) is 3. The third kappa shape index (κ3) is 4.22. The molecule has 2 aromatic carbocycles. The minimum atomic E-state index is -0.482. The summed E-state index contributed by atoms with van der Waals surface area (Å²) in [4.78, 5) is 24.5. The molecule has 3 rings (SSSR count). The minimum absolute atomic E-state index is 0.143. The number of nitrogens with two attached hydrogens (primary N) is 1. The van der Waals surface area contributed by atoms with E-state index in [4.69, 9.17) is 5.73 Å². The van der Waals surface area contributed by atoms with Crippen LogP contribution in [0.1, 0.15) is 44.2 Å². The maximum atomic E-state index is 12.9. The van der Waals surface area contributed by atoms with Crippen molar-refractivity contribution in [2.45, 2.75) is 44.7 Å². The van der Waals surface area contributed by atoms with Crippen molar-refractivity contribution in [2.24, 2.45) is 11.7 Å². The SMILES string of the molecule is CC(=O)NC(C(=O)NC(CN)c1ccc2ccccc2c1)C1CCCC1. The van der Waals surface area contributed by atoms with Crippen LogP contribution in [0.25, 0.3) is 10.8 Å². The van der Waals surface area contributed by atoms with E-state index in [0.717, 1.165) is 42.0 Å². The van der Waals surface area contributed by atoms with Crippen LogP contribution in [-0.2, 0) is 9.59 Å². The molecule has 2 aromatic rings. The average Bonchev–Trinajstić information content (AvgIpc) is 3.17. The van der Waals surface area contributed by atoms with Gasteiger partial charge in [-0.3, -0.25) is 9.59 Å². The van der Waals surface area contributed by atoms with E-state index < -0.39 is 6.04 Å². The van der Waals surface area contributed by atoms with Crippen LogP contribution in [0.5, 0.6) is 0 Å². The molecule has 138 valence electrons. The number of carbonyl (C=O) groups is 2. The smallest absolute Gasteiger partial charge is 0.243 e. The number of nitrogens with one attached hydrogen (secondary N) is 2. The lowest BCUT2D eigenvalue weighted by molar-refractivity contribution is -0.129. The van der Waals surface area contributed by atoms with Gasteiger partial charge in [0, 0.05) is 13.5 Å². The third-order valence-corrected chi connectivity index (χ3v) is 5.24. The molecule has 0 saturated heterocycles. The predicted molar refractivity (Wildman–Crippen MR) is 103 cm³/mol. The van der Waals surface area contributed by atoms with Gasteiger partial charge in [-0.2, -0.15) is 0 Å². The fourth-order valence-corrected chi connectivity index (χ4v) is 3.87. The molecule has 2 amide bonds. The molecule has 0 aliphatic heterocycles. The summed E-state index contributed by atoms with van der Waals surface area (Å²) in [7, 11) is 0. The summed E-state index contributed by atoms with van der Waals surface area (Å²) < 4.78 is 0. The molecule has 2 unspecified atom stereocenters. The van der Waals surface area contributed by atoms with E-state index in [1.807, 2.05) is 30.3 Å². The summed E-state index contributed by atoms with van der Waals surface area (Å²) in [5, 5.41) is 8.16. The fourth-order valence-electron chi connectivity index (χ4n) is 3.87. The minimum Gasteiger partial charge on any atom is -0.346 e. The van der Waals surface area contributed by atoms with Crippen molar-refractivity contribution in [1.82, 2.24) is 10.6 Å². The summed E-state index contributed by atoms with van der Waals surface area (Å²) in [5.41, 5.74) is 6.93. The van der Waals surface area contributed by atoms with E-state index in [2.05, 4.69) is 22.8 Å². The van der Waals surface area contributed by atoms with Crippen LogP contribution in [0.15, 0.2) is 42.5 Å². The highest BCUT2D eigenvalue weighted by molar-refractivity contribution is 5.88. The van der Waals surface area contributed by atoms with Crippen LogP contribution in [0.2, 0.25) is 0 Å². The molecule has 0 bridgehead atoms. The van der Waals surface area contributed by atoms with Crippen molar-refractivity contribution < 1.29 is 9.59 Å². The highest BCUT2D eigenvalue weighted by atomic mass is 16.2. The Morgan fingerprint density at radius 3 is 2.42 bits per heavy atom. The molecule has 0 heterocycles. The zero-order valence-corrected chi connectivity index (χ0v) is 15.2. The summed E-state index contributed by atoms with van der Waals surface area (Å²) in [6.45, 7) is 1.76. The second-order valence-electron chi connectivity index (χ2n) is 7.13. The Labute approximate surface area is 154 Å². The van der Waals surface area contributed by atoms with Gasteiger partial charge < -0.3 is 16.4 Å². The highest BCUT2D eigenvalue weighted by Gasteiger charge is 2.32. The van der Waals surface area contributed by atoms with Crippen LogP contribution in [0.4, 0.5) is 0 Å². The normalized spacial score (nSPS) is 17.0. The van der Waals surface area contributed by atoms with E-state index in [1.54, 1.807) is 0 Å². The zero-order valence-electron chi connectivity index (χ0n) is 15.2. The van der Waals surface area contributed by atoms with Gasteiger partial charge in [-0.05, 0) is 41.2 Å². The molecule has 1 aliphatic carbocycles. The molecule has 1 saturated carbocycles.